The molecule has 2 saturated heterocycles. The molecule has 8 heteroatoms. The summed E-state index contributed by atoms with van der Waals surface area (Å²) in [6, 6.07) is 2.02. The van der Waals surface area contributed by atoms with Crippen LogP contribution in [0.15, 0.2) is 34.8 Å². The van der Waals surface area contributed by atoms with E-state index in [-0.39, 0.29) is 17.2 Å². The molecule has 0 bridgehead atoms. The fourth-order valence-corrected chi connectivity index (χ4v) is 4.71. The van der Waals surface area contributed by atoms with Crippen LogP contribution in [0.1, 0.15) is 29.7 Å². The summed E-state index contributed by atoms with van der Waals surface area (Å²) in [6.07, 6.45) is 9.73. The summed E-state index contributed by atoms with van der Waals surface area (Å²) in [7, 11) is 0. The first-order valence-corrected chi connectivity index (χ1v) is 11.1. The number of nitrogens with one attached hydrogen (secondary N) is 2. The molecule has 0 aliphatic carbocycles. The summed E-state index contributed by atoms with van der Waals surface area (Å²) in [5.41, 5.74) is 5.74. The average Bonchev–Trinajstić information content (AvgIpc) is 3.24. The monoisotopic (exact) mass is 421 g/mol. The van der Waals surface area contributed by atoms with Crippen molar-refractivity contribution in [3.05, 3.63) is 51.6 Å². The lowest BCUT2D eigenvalue weighted by Crippen LogP contribution is -2.62. The Morgan fingerprint density at radius 3 is 2.77 bits per heavy atom. The van der Waals surface area contributed by atoms with Crippen molar-refractivity contribution in [3.63, 3.8) is 0 Å². The van der Waals surface area contributed by atoms with Gasteiger partial charge in [0.2, 0.25) is 11.8 Å². The number of rotatable bonds is 3. The highest BCUT2D eigenvalue weighted by Crippen LogP contribution is 2.36. The molecule has 2 amide bonds. The molecule has 1 spiro atoms. The molecule has 0 unspecified atom stereocenters. The van der Waals surface area contributed by atoms with E-state index in [1.54, 1.807) is 23.6 Å². The van der Waals surface area contributed by atoms with Crippen LogP contribution in [-0.2, 0) is 16.0 Å². The third-order valence-corrected chi connectivity index (χ3v) is 6.70. The molecule has 0 saturated carbocycles. The van der Waals surface area contributed by atoms with E-state index in [0.29, 0.717) is 25.3 Å². The normalized spacial score (nSPS) is 20.1. The van der Waals surface area contributed by atoms with Crippen molar-refractivity contribution in [2.45, 2.75) is 19.3 Å². The predicted octanol–water partition coefficient (Wildman–Crippen LogP) is 2.34. The molecular formula is C22H23N5O2S. The fourth-order valence-electron chi connectivity index (χ4n) is 4.20. The van der Waals surface area contributed by atoms with Crippen LogP contribution < -0.4 is 10.6 Å². The van der Waals surface area contributed by atoms with Crippen LogP contribution in [-0.4, -0.2) is 52.9 Å². The van der Waals surface area contributed by atoms with Crippen molar-refractivity contribution in [2.75, 3.05) is 31.5 Å². The Bertz CT molecular complexity index is 1030. The Morgan fingerprint density at radius 2 is 2.07 bits per heavy atom. The standard InChI is InChI=1S/C22H23N5O2S/c28-19(27-5-3-15(4-6-27)8-18-11-30-14-25-18)2-1-16-7-17-9-22(12-23-13-22)21(29)26-20(17)24-10-16/h1-2,7-8,10-11,14,23H,3-6,9,12-13H2,(H,24,26,29)/b2-1+. The number of amides is 2. The molecule has 2 fully saturated rings. The maximum absolute atomic E-state index is 12.6. The van der Waals surface area contributed by atoms with Crippen molar-refractivity contribution < 1.29 is 9.59 Å². The van der Waals surface area contributed by atoms with Crippen molar-refractivity contribution in [2.24, 2.45) is 5.41 Å². The molecule has 5 heterocycles. The van der Waals surface area contributed by atoms with Crippen LogP contribution >= 0.6 is 11.3 Å². The zero-order valence-electron chi connectivity index (χ0n) is 16.6. The minimum absolute atomic E-state index is 0.0217. The Balaban J connectivity index is 1.21. The molecule has 2 aromatic rings. The van der Waals surface area contributed by atoms with Gasteiger partial charge in [-0.3, -0.25) is 9.59 Å². The molecule has 0 radical (unpaired) electrons. The highest BCUT2D eigenvalue weighted by atomic mass is 32.1. The van der Waals surface area contributed by atoms with E-state index in [9.17, 15) is 9.59 Å². The maximum atomic E-state index is 12.6. The van der Waals surface area contributed by atoms with Gasteiger partial charge in [-0.25, -0.2) is 9.97 Å². The topological polar surface area (TPSA) is 87.2 Å². The summed E-state index contributed by atoms with van der Waals surface area (Å²) in [5, 5.41) is 8.14. The van der Waals surface area contributed by atoms with Gasteiger partial charge in [-0.05, 0) is 48.6 Å². The maximum Gasteiger partial charge on any atom is 0.246 e. The first kappa shape index (κ1) is 19.1. The van der Waals surface area contributed by atoms with Crippen molar-refractivity contribution in [1.29, 1.82) is 0 Å². The molecule has 2 N–H and O–H groups in total. The van der Waals surface area contributed by atoms with E-state index < -0.39 is 0 Å². The number of thiazole rings is 1. The van der Waals surface area contributed by atoms with Gasteiger partial charge in [-0.2, -0.15) is 0 Å². The lowest BCUT2D eigenvalue weighted by atomic mass is 9.73. The summed E-state index contributed by atoms with van der Waals surface area (Å²) < 4.78 is 0. The molecule has 5 rings (SSSR count). The summed E-state index contributed by atoms with van der Waals surface area (Å²) >= 11 is 1.59. The number of carbonyl (C=O) groups is 2. The lowest BCUT2D eigenvalue weighted by Gasteiger charge is -2.43. The third-order valence-electron chi connectivity index (χ3n) is 6.10. The van der Waals surface area contributed by atoms with Crippen LogP contribution in [0.4, 0.5) is 5.82 Å². The molecule has 7 nitrogen and oxygen atoms in total. The first-order valence-electron chi connectivity index (χ1n) is 10.2. The van der Waals surface area contributed by atoms with Crippen LogP contribution in [0.25, 0.3) is 12.2 Å². The Hall–Kier alpha value is -2.84. The summed E-state index contributed by atoms with van der Waals surface area (Å²) in [6.45, 7) is 2.85. The molecule has 2 aromatic heterocycles. The van der Waals surface area contributed by atoms with E-state index in [1.165, 1.54) is 5.57 Å². The molecule has 30 heavy (non-hydrogen) atoms. The highest BCUT2D eigenvalue weighted by molar-refractivity contribution is 7.07. The van der Waals surface area contributed by atoms with Gasteiger partial charge in [-0.15, -0.1) is 11.3 Å². The molecule has 3 aliphatic heterocycles. The minimum atomic E-state index is -0.343. The number of carbonyl (C=O) groups excluding carboxylic acids is 2. The van der Waals surface area contributed by atoms with Gasteiger partial charge >= 0.3 is 0 Å². The smallest absolute Gasteiger partial charge is 0.246 e. The number of aromatic nitrogens is 2. The van der Waals surface area contributed by atoms with E-state index in [2.05, 4.69) is 26.7 Å². The van der Waals surface area contributed by atoms with E-state index in [4.69, 9.17) is 0 Å². The molecule has 154 valence electrons. The van der Waals surface area contributed by atoms with Gasteiger partial charge in [0.15, 0.2) is 0 Å². The second-order valence-corrected chi connectivity index (χ2v) is 8.88. The quantitative estimate of drug-likeness (QED) is 0.743. The average molecular weight is 422 g/mol. The number of fused-ring (bicyclic) bond motifs is 1. The largest absolute Gasteiger partial charge is 0.339 e. The van der Waals surface area contributed by atoms with Gasteiger partial charge < -0.3 is 15.5 Å². The van der Waals surface area contributed by atoms with Crippen molar-refractivity contribution in [1.82, 2.24) is 20.2 Å². The highest BCUT2D eigenvalue weighted by Gasteiger charge is 2.47. The predicted molar refractivity (Wildman–Crippen MR) is 117 cm³/mol. The van der Waals surface area contributed by atoms with Crippen molar-refractivity contribution in [3.8, 4) is 0 Å². The molecule has 0 atom stereocenters. The van der Waals surface area contributed by atoms with Crippen LogP contribution in [0.3, 0.4) is 0 Å². The number of piperidine rings is 1. The molecular weight excluding hydrogens is 398 g/mol. The van der Waals surface area contributed by atoms with Gasteiger partial charge in [0.05, 0.1) is 16.6 Å². The number of nitrogens with zero attached hydrogens (tertiary/aromatic N) is 3. The lowest BCUT2D eigenvalue weighted by molar-refractivity contribution is -0.129. The zero-order chi connectivity index (χ0) is 20.6. The van der Waals surface area contributed by atoms with Gasteiger partial charge in [0, 0.05) is 43.8 Å². The van der Waals surface area contributed by atoms with Gasteiger partial charge in [0.1, 0.15) is 5.82 Å². The number of hydrogen-bond donors (Lipinski definition) is 2. The fraction of sp³-hybridized carbons (Fsp3) is 0.364. The third kappa shape index (κ3) is 3.68. The SMILES string of the molecule is O=C(/C=C/c1cnc2c(c1)CC1(CNC1)C(=O)N2)N1CCC(=Cc2cscn2)CC1. The Labute approximate surface area is 178 Å². The second-order valence-electron chi connectivity index (χ2n) is 8.17. The van der Waals surface area contributed by atoms with Crippen molar-refractivity contribution >= 4 is 41.1 Å². The van der Waals surface area contributed by atoms with E-state index in [0.717, 1.165) is 42.8 Å². The first-order chi connectivity index (χ1) is 14.6. The number of anilines is 1. The summed E-state index contributed by atoms with van der Waals surface area (Å²) in [4.78, 5) is 35.5. The number of hydrogen-bond acceptors (Lipinski definition) is 6. The van der Waals surface area contributed by atoms with Crippen LogP contribution in [0.2, 0.25) is 0 Å². The molecule has 3 aliphatic rings. The second kappa shape index (κ2) is 7.77. The number of pyridine rings is 1. The minimum Gasteiger partial charge on any atom is -0.339 e. The van der Waals surface area contributed by atoms with Crippen LogP contribution in [0.5, 0.6) is 0 Å². The van der Waals surface area contributed by atoms with Crippen LogP contribution in [0, 0.1) is 5.41 Å². The summed E-state index contributed by atoms with van der Waals surface area (Å²) in [5.74, 6) is 0.706. The van der Waals surface area contributed by atoms with E-state index >= 15 is 0 Å². The van der Waals surface area contributed by atoms with Gasteiger partial charge in [0.25, 0.3) is 0 Å². The molecule has 0 aromatic carbocycles. The van der Waals surface area contributed by atoms with Gasteiger partial charge in [-0.1, -0.05) is 5.57 Å². The number of likely N-dealkylation sites (tertiary alicyclic amines) is 1. The van der Waals surface area contributed by atoms with E-state index in [1.807, 2.05) is 27.9 Å². The zero-order valence-corrected chi connectivity index (χ0v) is 17.4. The Morgan fingerprint density at radius 1 is 1.23 bits per heavy atom. The Kier molecular flexibility index (Phi) is 4.96.